The quantitative estimate of drug-likeness (QED) is 0.554. The Labute approximate surface area is 163 Å². The van der Waals surface area contributed by atoms with E-state index >= 15 is 0 Å². The van der Waals surface area contributed by atoms with Gasteiger partial charge in [0.05, 0.1) is 5.52 Å². The van der Waals surface area contributed by atoms with Crippen molar-refractivity contribution in [2.24, 2.45) is 5.92 Å². The van der Waals surface area contributed by atoms with E-state index in [2.05, 4.69) is 23.4 Å². The molecule has 1 aromatic carbocycles. The van der Waals surface area contributed by atoms with Crippen LogP contribution in [0.2, 0.25) is 0 Å². The third-order valence-electron chi connectivity index (χ3n) is 5.44. The highest BCUT2D eigenvalue weighted by Gasteiger charge is 2.23. The second kappa shape index (κ2) is 7.85. The van der Waals surface area contributed by atoms with E-state index in [0.717, 1.165) is 29.2 Å². The molecule has 2 aromatic heterocycles. The number of benzene rings is 1. The number of aryl methyl sites for hydroxylation is 1. The lowest BCUT2D eigenvalue weighted by Gasteiger charge is -2.27. The first-order chi connectivity index (χ1) is 12.5. The van der Waals surface area contributed by atoms with Crippen molar-refractivity contribution < 1.29 is 13.5 Å². The lowest BCUT2D eigenvalue weighted by Crippen LogP contribution is -2.18. The molecular formula is C21H23ClF2N2O. The molecule has 0 amide bonds. The van der Waals surface area contributed by atoms with Gasteiger partial charge in [0, 0.05) is 30.6 Å². The van der Waals surface area contributed by atoms with Crippen LogP contribution < -0.4 is 4.74 Å². The van der Waals surface area contributed by atoms with Crippen LogP contribution in [0.25, 0.3) is 11.0 Å². The van der Waals surface area contributed by atoms with Gasteiger partial charge in [-0.1, -0.05) is 6.42 Å². The summed E-state index contributed by atoms with van der Waals surface area (Å²) in [4.78, 5) is 4.54. The Morgan fingerprint density at radius 3 is 2.48 bits per heavy atom. The number of halogens is 3. The zero-order valence-electron chi connectivity index (χ0n) is 15.5. The molecule has 1 fully saturated rings. The predicted molar refractivity (Wildman–Crippen MR) is 104 cm³/mol. The summed E-state index contributed by atoms with van der Waals surface area (Å²) in [6, 6.07) is 5.29. The highest BCUT2D eigenvalue weighted by Crippen LogP contribution is 2.35. The summed E-state index contributed by atoms with van der Waals surface area (Å²) in [6.07, 6.45) is 5.55. The van der Waals surface area contributed by atoms with E-state index in [9.17, 15) is 8.78 Å². The molecule has 0 N–H and O–H groups in total. The Kier molecular flexibility index (Phi) is 5.70. The summed E-state index contributed by atoms with van der Waals surface area (Å²) in [5.41, 5.74) is 4.74. The number of fused-ring (bicyclic) bond motifs is 1. The topological polar surface area (TPSA) is 27.1 Å². The Morgan fingerprint density at radius 2 is 1.85 bits per heavy atom. The normalized spacial score (nSPS) is 14.1. The molecule has 1 aliphatic rings. The first-order valence-electron chi connectivity index (χ1n) is 9.05. The van der Waals surface area contributed by atoms with Gasteiger partial charge in [-0.05, 0) is 55.9 Å². The van der Waals surface area contributed by atoms with Gasteiger partial charge in [-0.3, -0.25) is 4.98 Å². The molecule has 3 aromatic rings. The van der Waals surface area contributed by atoms with E-state index in [1.165, 1.54) is 37.1 Å². The number of hydrogen-bond donors (Lipinski definition) is 0. The molecule has 0 spiro atoms. The first kappa shape index (κ1) is 19.6. The minimum absolute atomic E-state index is 0. The fraction of sp³-hybridized carbons (Fsp3) is 0.381. The van der Waals surface area contributed by atoms with Gasteiger partial charge in [-0.2, -0.15) is 0 Å². The minimum atomic E-state index is -0.594. The molecule has 0 saturated heterocycles. The predicted octanol–water partition coefficient (Wildman–Crippen LogP) is 5.73. The number of aromatic nitrogens is 2. The maximum absolute atomic E-state index is 13.4. The maximum atomic E-state index is 13.4. The summed E-state index contributed by atoms with van der Waals surface area (Å²) in [5.74, 6) is 0.219. The molecular weight excluding hydrogens is 370 g/mol. The van der Waals surface area contributed by atoms with Crippen LogP contribution in [0.15, 0.2) is 30.5 Å². The van der Waals surface area contributed by atoms with Crippen molar-refractivity contribution in [3.63, 3.8) is 0 Å². The lowest BCUT2D eigenvalue weighted by molar-refractivity contribution is 0.275. The third kappa shape index (κ3) is 3.79. The van der Waals surface area contributed by atoms with Crippen molar-refractivity contribution in [3.05, 3.63) is 58.9 Å². The SMILES string of the molecule is Cc1c(C)n(CC2CCC2)c2c(OCc3cc(F)cc(F)c3)ccnc12.Cl. The molecule has 0 unspecified atom stereocenters. The van der Waals surface area contributed by atoms with Gasteiger partial charge in [0.25, 0.3) is 0 Å². The summed E-state index contributed by atoms with van der Waals surface area (Å²) in [7, 11) is 0. The number of rotatable bonds is 5. The molecule has 27 heavy (non-hydrogen) atoms. The molecule has 1 saturated carbocycles. The van der Waals surface area contributed by atoms with Crippen LogP contribution in [0.5, 0.6) is 5.75 Å². The summed E-state index contributed by atoms with van der Waals surface area (Å²) < 4.78 is 35.1. The van der Waals surface area contributed by atoms with E-state index in [1.807, 2.05) is 6.07 Å². The molecule has 0 radical (unpaired) electrons. The van der Waals surface area contributed by atoms with Gasteiger partial charge >= 0.3 is 0 Å². The standard InChI is InChI=1S/C21H22F2N2O.ClH/c1-13-14(2)25(11-15-4-3-5-15)21-19(6-7-24-20(13)21)26-12-16-8-17(22)10-18(23)9-16;/h6-10,15H,3-5,11-12H2,1-2H3;1H. The van der Waals surface area contributed by atoms with Crippen molar-refractivity contribution in [1.82, 2.24) is 9.55 Å². The Hall–Kier alpha value is -2.14. The van der Waals surface area contributed by atoms with Gasteiger partial charge in [-0.15, -0.1) is 12.4 Å². The summed E-state index contributed by atoms with van der Waals surface area (Å²) in [5, 5.41) is 0. The number of ether oxygens (including phenoxy) is 1. The summed E-state index contributed by atoms with van der Waals surface area (Å²) >= 11 is 0. The largest absolute Gasteiger partial charge is 0.487 e. The molecule has 4 rings (SSSR count). The molecule has 6 heteroatoms. The number of hydrogen-bond acceptors (Lipinski definition) is 2. The van der Waals surface area contributed by atoms with Crippen molar-refractivity contribution in [2.75, 3.05) is 0 Å². The Bertz CT molecular complexity index is 946. The van der Waals surface area contributed by atoms with Crippen LogP contribution in [0.1, 0.15) is 36.1 Å². The molecule has 144 valence electrons. The second-order valence-corrected chi connectivity index (χ2v) is 7.19. The van der Waals surface area contributed by atoms with Crippen LogP contribution >= 0.6 is 12.4 Å². The maximum Gasteiger partial charge on any atom is 0.147 e. The second-order valence-electron chi connectivity index (χ2n) is 7.19. The van der Waals surface area contributed by atoms with Crippen molar-refractivity contribution in [1.29, 1.82) is 0 Å². The average molecular weight is 393 g/mol. The van der Waals surface area contributed by atoms with Crippen molar-refractivity contribution in [3.8, 4) is 5.75 Å². The average Bonchev–Trinajstić information content (AvgIpc) is 2.80. The number of pyridine rings is 1. The highest BCUT2D eigenvalue weighted by molar-refractivity contribution is 5.86. The van der Waals surface area contributed by atoms with E-state index in [0.29, 0.717) is 17.2 Å². The van der Waals surface area contributed by atoms with Crippen LogP contribution in [0, 0.1) is 31.4 Å². The van der Waals surface area contributed by atoms with E-state index in [4.69, 9.17) is 4.74 Å². The van der Waals surface area contributed by atoms with Gasteiger partial charge in [0.1, 0.15) is 29.5 Å². The van der Waals surface area contributed by atoms with Crippen LogP contribution in [-0.2, 0) is 13.2 Å². The monoisotopic (exact) mass is 392 g/mol. The van der Waals surface area contributed by atoms with Gasteiger partial charge < -0.3 is 9.30 Å². The molecule has 3 nitrogen and oxygen atoms in total. The summed E-state index contributed by atoms with van der Waals surface area (Å²) in [6.45, 7) is 5.27. The third-order valence-corrected chi connectivity index (χ3v) is 5.44. The Morgan fingerprint density at radius 1 is 1.15 bits per heavy atom. The molecule has 2 heterocycles. The van der Waals surface area contributed by atoms with Gasteiger partial charge in [0.2, 0.25) is 0 Å². The number of nitrogens with zero attached hydrogens (tertiary/aromatic N) is 2. The van der Waals surface area contributed by atoms with E-state index in [-0.39, 0.29) is 19.0 Å². The van der Waals surface area contributed by atoms with E-state index in [1.54, 1.807) is 6.20 Å². The zero-order valence-corrected chi connectivity index (χ0v) is 16.3. The molecule has 0 aliphatic heterocycles. The lowest BCUT2D eigenvalue weighted by atomic mass is 9.85. The fourth-order valence-corrected chi connectivity index (χ4v) is 3.65. The van der Waals surface area contributed by atoms with Gasteiger partial charge in [0.15, 0.2) is 0 Å². The van der Waals surface area contributed by atoms with Crippen LogP contribution in [0.4, 0.5) is 8.78 Å². The highest BCUT2D eigenvalue weighted by atomic mass is 35.5. The zero-order chi connectivity index (χ0) is 18.3. The first-order valence-corrected chi connectivity index (χ1v) is 9.05. The fourth-order valence-electron chi connectivity index (χ4n) is 3.65. The smallest absolute Gasteiger partial charge is 0.147 e. The van der Waals surface area contributed by atoms with E-state index < -0.39 is 11.6 Å². The Balaban J connectivity index is 0.00000210. The van der Waals surface area contributed by atoms with Gasteiger partial charge in [-0.25, -0.2) is 8.78 Å². The van der Waals surface area contributed by atoms with Crippen molar-refractivity contribution >= 4 is 23.4 Å². The molecule has 0 bridgehead atoms. The minimum Gasteiger partial charge on any atom is -0.487 e. The van der Waals surface area contributed by atoms with Crippen molar-refractivity contribution in [2.45, 2.75) is 46.3 Å². The van der Waals surface area contributed by atoms with Crippen LogP contribution in [0.3, 0.4) is 0 Å². The molecule has 1 aliphatic carbocycles. The molecule has 0 atom stereocenters. The van der Waals surface area contributed by atoms with Crippen LogP contribution in [-0.4, -0.2) is 9.55 Å².